The number of likely N-dealkylation sites (N-methyl/N-ethyl adjacent to an activating group) is 1. The summed E-state index contributed by atoms with van der Waals surface area (Å²) in [5.41, 5.74) is 0.961. The summed E-state index contributed by atoms with van der Waals surface area (Å²) in [5.74, 6) is -1.70. The van der Waals surface area contributed by atoms with Crippen LogP contribution in [0.25, 0.3) is 11.1 Å². The molecule has 0 radical (unpaired) electrons. The Morgan fingerprint density at radius 3 is 2.72 bits per heavy atom. The van der Waals surface area contributed by atoms with Gasteiger partial charge in [-0.25, -0.2) is 4.98 Å². The van der Waals surface area contributed by atoms with Gasteiger partial charge in [0.05, 0.1) is 6.20 Å². The topological polar surface area (TPSA) is 85.0 Å². The molecule has 2 N–H and O–H groups in total. The molecule has 0 saturated carbocycles. The SMILES string of the molecule is CNC(C(=O)Nc1ccc2oc(C(F)(F)F)nc2c1)c1cnn(C)c1. The first-order valence-electron chi connectivity index (χ1n) is 7.22. The predicted octanol–water partition coefficient (Wildman–Crippen LogP) is 2.48. The van der Waals surface area contributed by atoms with E-state index in [-0.39, 0.29) is 17.0 Å². The Morgan fingerprint density at radius 2 is 2.12 bits per heavy atom. The summed E-state index contributed by atoms with van der Waals surface area (Å²) in [6.45, 7) is 0. The highest BCUT2D eigenvalue weighted by molar-refractivity contribution is 5.96. The molecule has 2 aromatic heterocycles. The highest BCUT2D eigenvalue weighted by atomic mass is 19.4. The number of benzene rings is 1. The van der Waals surface area contributed by atoms with Crippen molar-refractivity contribution in [1.29, 1.82) is 0 Å². The van der Waals surface area contributed by atoms with Crippen LogP contribution in [0.5, 0.6) is 0 Å². The van der Waals surface area contributed by atoms with E-state index in [4.69, 9.17) is 0 Å². The molecule has 1 amide bonds. The number of aromatic nitrogens is 3. The molecule has 7 nitrogen and oxygen atoms in total. The molecule has 2 heterocycles. The number of nitrogens with one attached hydrogen (secondary N) is 2. The Hall–Kier alpha value is -2.88. The summed E-state index contributed by atoms with van der Waals surface area (Å²) in [6, 6.07) is 3.43. The second-order valence-electron chi connectivity index (χ2n) is 5.36. The van der Waals surface area contributed by atoms with E-state index >= 15 is 0 Å². The minimum absolute atomic E-state index is 0.00695. The molecule has 0 aliphatic rings. The molecule has 10 heteroatoms. The number of alkyl halides is 3. The van der Waals surface area contributed by atoms with Crippen molar-refractivity contribution < 1.29 is 22.4 Å². The minimum atomic E-state index is -4.67. The van der Waals surface area contributed by atoms with Gasteiger partial charge < -0.3 is 15.1 Å². The highest BCUT2D eigenvalue weighted by Crippen LogP contribution is 2.32. The van der Waals surface area contributed by atoms with Gasteiger partial charge in [-0.1, -0.05) is 0 Å². The Labute approximate surface area is 139 Å². The van der Waals surface area contributed by atoms with E-state index in [9.17, 15) is 18.0 Å². The fraction of sp³-hybridized carbons (Fsp3) is 0.267. The molecule has 0 spiro atoms. The first kappa shape index (κ1) is 17.0. The van der Waals surface area contributed by atoms with Crippen LogP contribution in [-0.2, 0) is 18.0 Å². The Kier molecular flexibility index (Phi) is 4.21. The van der Waals surface area contributed by atoms with Gasteiger partial charge in [0, 0.05) is 24.5 Å². The van der Waals surface area contributed by atoms with Crippen LogP contribution in [0.3, 0.4) is 0 Å². The van der Waals surface area contributed by atoms with Crippen molar-refractivity contribution in [2.45, 2.75) is 12.2 Å². The van der Waals surface area contributed by atoms with Crippen molar-refractivity contribution in [2.75, 3.05) is 12.4 Å². The highest BCUT2D eigenvalue weighted by Gasteiger charge is 2.37. The van der Waals surface area contributed by atoms with E-state index in [0.717, 1.165) is 0 Å². The number of amides is 1. The number of carbonyl (C=O) groups is 1. The summed E-state index contributed by atoms with van der Waals surface area (Å²) in [7, 11) is 3.35. The van der Waals surface area contributed by atoms with Crippen molar-refractivity contribution in [2.24, 2.45) is 7.05 Å². The van der Waals surface area contributed by atoms with Crippen molar-refractivity contribution in [3.8, 4) is 0 Å². The first-order chi connectivity index (χ1) is 11.8. The molecule has 25 heavy (non-hydrogen) atoms. The first-order valence-corrected chi connectivity index (χ1v) is 7.22. The molecular weight excluding hydrogens is 339 g/mol. The van der Waals surface area contributed by atoms with Crippen molar-refractivity contribution >= 4 is 22.7 Å². The fourth-order valence-corrected chi connectivity index (χ4v) is 2.38. The average molecular weight is 353 g/mol. The van der Waals surface area contributed by atoms with E-state index in [1.807, 2.05) is 0 Å². The maximum atomic E-state index is 12.6. The molecule has 0 fully saturated rings. The zero-order valence-corrected chi connectivity index (χ0v) is 13.3. The van der Waals surface area contributed by atoms with Crippen LogP contribution in [0.15, 0.2) is 35.0 Å². The van der Waals surface area contributed by atoms with Crippen LogP contribution in [0, 0.1) is 0 Å². The lowest BCUT2D eigenvalue weighted by molar-refractivity contribution is -0.156. The number of halogens is 3. The Balaban J connectivity index is 1.83. The van der Waals surface area contributed by atoms with E-state index in [1.165, 1.54) is 18.2 Å². The summed E-state index contributed by atoms with van der Waals surface area (Å²) in [5, 5.41) is 9.51. The second kappa shape index (κ2) is 6.20. The number of hydrogen-bond acceptors (Lipinski definition) is 5. The quantitative estimate of drug-likeness (QED) is 0.753. The van der Waals surface area contributed by atoms with Crippen molar-refractivity contribution in [1.82, 2.24) is 20.1 Å². The molecule has 1 aromatic carbocycles. The second-order valence-corrected chi connectivity index (χ2v) is 5.36. The molecule has 3 aromatic rings. The van der Waals surface area contributed by atoms with Gasteiger partial charge in [-0.15, -0.1) is 0 Å². The number of oxazole rings is 1. The van der Waals surface area contributed by atoms with Crippen LogP contribution in [0.1, 0.15) is 17.5 Å². The van der Waals surface area contributed by atoms with Gasteiger partial charge in [-0.2, -0.15) is 18.3 Å². The van der Waals surface area contributed by atoms with Gasteiger partial charge in [-0.05, 0) is 25.2 Å². The summed E-state index contributed by atoms with van der Waals surface area (Å²) < 4.78 is 44.1. The van der Waals surface area contributed by atoms with Crippen LogP contribution in [0.4, 0.5) is 18.9 Å². The summed E-state index contributed by atoms with van der Waals surface area (Å²) >= 11 is 0. The number of aryl methyl sites for hydroxylation is 1. The molecule has 0 saturated heterocycles. The maximum absolute atomic E-state index is 12.6. The molecule has 0 aliphatic heterocycles. The monoisotopic (exact) mass is 353 g/mol. The molecule has 0 bridgehead atoms. The number of hydrogen-bond donors (Lipinski definition) is 2. The predicted molar refractivity (Wildman–Crippen MR) is 82.6 cm³/mol. The fourth-order valence-electron chi connectivity index (χ4n) is 2.38. The number of rotatable bonds is 4. The lowest BCUT2D eigenvalue weighted by Crippen LogP contribution is -2.30. The van der Waals surface area contributed by atoms with Gasteiger partial charge in [0.2, 0.25) is 5.91 Å². The number of anilines is 1. The molecular formula is C15H14F3N5O2. The van der Waals surface area contributed by atoms with Crippen LogP contribution < -0.4 is 10.6 Å². The normalized spacial score (nSPS) is 13.2. The summed E-state index contributed by atoms with van der Waals surface area (Å²) in [6.07, 6.45) is -1.42. The zero-order chi connectivity index (χ0) is 18.2. The van der Waals surface area contributed by atoms with E-state index < -0.39 is 18.1 Å². The Bertz CT molecular complexity index is 915. The minimum Gasteiger partial charge on any atom is -0.433 e. The van der Waals surface area contributed by atoms with Crippen LogP contribution in [-0.4, -0.2) is 27.7 Å². The molecule has 132 valence electrons. The van der Waals surface area contributed by atoms with Crippen molar-refractivity contribution in [3.63, 3.8) is 0 Å². The van der Waals surface area contributed by atoms with E-state index in [1.54, 1.807) is 31.2 Å². The van der Waals surface area contributed by atoms with Gasteiger partial charge >= 0.3 is 12.1 Å². The smallest absolute Gasteiger partial charge is 0.433 e. The lowest BCUT2D eigenvalue weighted by atomic mass is 10.1. The number of carbonyl (C=O) groups excluding carboxylic acids is 1. The largest absolute Gasteiger partial charge is 0.468 e. The van der Waals surface area contributed by atoms with Gasteiger partial charge in [0.15, 0.2) is 5.58 Å². The Morgan fingerprint density at radius 1 is 1.36 bits per heavy atom. The van der Waals surface area contributed by atoms with E-state index in [2.05, 4.69) is 25.1 Å². The third kappa shape index (κ3) is 3.48. The lowest BCUT2D eigenvalue weighted by Gasteiger charge is -2.14. The maximum Gasteiger partial charge on any atom is 0.468 e. The molecule has 0 aliphatic carbocycles. The molecule has 3 rings (SSSR count). The van der Waals surface area contributed by atoms with Crippen LogP contribution >= 0.6 is 0 Å². The van der Waals surface area contributed by atoms with Gasteiger partial charge in [-0.3, -0.25) is 9.48 Å². The standard InChI is InChI=1S/C15H14F3N5O2/c1-19-12(8-6-20-23(2)7-8)13(24)21-9-3-4-11-10(5-9)22-14(25-11)15(16,17)18/h3-7,12,19H,1-2H3,(H,21,24). The third-order valence-electron chi connectivity index (χ3n) is 3.51. The molecule has 1 atom stereocenters. The summed E-state index contributed by atoms with van der Waals surface area (Å²) in [4.78, 5) is 15.8. The number of fused-ring (bicyclic) bond motifs is 1. The zero-order valence-electron chi connectivity index (χ0n) is 13.3. The van der Waals surface area contributed by atoms with E-state index in [0.29, 0.717) is 11.3 Å². The average Bonchev–Trinajstić information content (AvgIpc) is 3.13. The van der Waals surface area contributed by atoms with Crippen LogP contribution in [0.2, 0.25) is 0 Å². The van der Waals surface area contributed by atoms with Gasteiger partial charge in [0.1, 0.15) is 11.6 Å². The molecule has 1 unspecified atom stereocenters. The van der Waals surface area contributed by atoms with Crippen molar-refractivity contribution in [3.05, 3.63) is 42.0 Å². The third-order valence-corrected chi connectivity index (χ3v) is 3.51. The number of nitrogens with zero attached hydrogens (tertiary/aromatic N) is 3. The van der Waals surface area contributed by atoms with Gasteiger partial charge in [0.25, 0.3) is 0 Å².